The van der Waals surface area contributed by atoms with Crippen LogP contribution in [0.1, 0.15) is 16.8 Å². The summed E-state index contributed by atoms with van der Waals surface area (Å²) in [5.41, 5.74) is 0.421. The molecule has 0 aromatic heterocycles. The first kappa shape index (κ1) is 10.6. The molecule has 0 N–H and O–H groups in total. The number of benzene rings is 1. The van der Waals surface area contributed by atoms with E-state index in [4.69, 9.17) is 4.84 Å². The van der Waals surface area contributed by atoms with Crippen molar-refractivity contribution >= 4 is 21.8 Å². The van der Waals surface area contributed by atoms with Gasteiger partial charge >= 0.3 is 0 Å². The minimum atomic E-state index is -0.381. The lowest BCUT2D eigenvalue weighted by Crippen LogP contribution is -2.26. The number of rotatable bonds is 1. The van der Waals surface area contributed by atoms with E-state index in [0.717, 1.165) is 6.42 Å². The maximum atomic E-state index is 12.9. The molecule has 15 heavy (non-hydrogen) atoms. The summed E-state index contributed by atoms with van der Waals surface area (Å²) in [5.74, 6) is -0.609. The largest absolute Gasteiger partial charge is 0.277 e. The number of hydrogen-bond acceptors (Lipinski definition) is 2. The highest BCUT2D eigenvalue weighted by Gasteiger charge is 2.21. The van der Waals surface area contributed by atoms with Crippen LogP contribution >= 0.6 is 15.9 Å². The van der Waals surface area contributed by atoms with Gasteiger partial charge in [-0.05, 0) is 40.5 Å². The monoisotopic (exact) mass is 273 g/mol. The molecule has 80 valence electrons. The standard InChI is InChI=1S/C10H9BrFNO2/c11-8-6-7(2-3-9(8)12)10(14)13-4-1-5-15-13/h2-3,6H,1,4-5H2. The lowest BCUT2D eigenvalue weighted by Gasteiger charge is -2.13. The Morgan fingerprint density at radius 1 is 1.53 bits per heavy atom. The topological polar surface area (TPSA) is 29.5 Å². The van der Waals surface area contributed by atoms with E-state index in [2.05, 4.69) is 15.9 Å². The molecule has 1 aliphatic rings. The van der Waals surface area contributed by atoms with Crippen LogP contribution < -0.4 is 0 Å². The Hall–Kier alpha value is -0.940. The van der Waals surface area contributed by atoms with Gasteiger partial charge in [0, 0.05) is 5.56 Å². The molecule has 0 radical (unpaired) electrons. The van der Waals surface area contributed by atoms with Crippen LogP contribution in [0.3, 0.4) is 0 Å². The Morgan fingerprint density at radius 3 is 2.93 bits per heavy atom. The number of nitrogens with zero attached hydrogens (tertiary/aromatic N) is 1. The second-order valence-corrected chi connectivity index (χ2v) is 4.08. The fourth-order valence-electron chi connectivity index (χ4n) is 1.38. The van der Waals surface area contributed by atoms with Crippen LogP contribution in [0, 0.1) is 5.82 Å². The van der Waals surface area contributed by atoms with E-state index in [-0.39, 0.29) is 16.2 Å². The SMILES string of the molecule is O=C(c1ccc(F)c(Br)c1)N1CCCO1. The first-order valence-electron chi connectivity index (χ1n) is 4.58. The molecule has 1 aliphatic heterocycles. The van der Waals surface area contributed by atoms with Gasteiger partial charge in [0.05, 0.1) is 17.6 Å². The molecule has 0 aliphatic carbocycles. The predicted octanol–water partition coefficient (Wildman–Crippen LogP) is 2.37. The minimum Gasteiger partial charge on any atom is -0.271 e. The van der Waals surface area contributed by atoms with Gasteiger partial charge in [0.25, 0.3) is 5.91 Å². The van der Waals surface area contributed by atoms with E-state index in [1.165, 1.54) is 23.3 Å². The highest BCUT2D eigenvalue weighted by atomic mass is 79.9. The van der Waals surface area contributed by atoms with Crippen molar-refractivity contribution in [1.29, 1.82) is 0 Å². The summed E-state index contributed by atoms with van der Waals surface area (Å²) >= 11 is 3.04. The summed E-state index contributed by atoms with van der Waals surface area (Å²) in [6.45, 7) is 1.15. The second-order valence-electron chi connectivity index (χ2n) is 3.22. The van der Waals surface area contributed by atoms with Gasteiger partial charge in [0.15, 0.2) is 0 Å². The van der Waals surface area contributed by atoms with Gasteiger partial charge < -0.3 is 0 Å². The summed E-state index contributed by atoms with van der Waals surface area (Å²) in [7, 11) is 0. The van der Waals surface area contributed by atoms with Crippen molar-refractivity contribution in [3.05, 3.63) is 34.1 Å². The molecule has 2 rings (SSSR count). The van der Waals surface area contributed by atoms with Crippen molar-refractivity contribution in [3.63, 3.8) is 0 Å². The molecule has 1 heterocycles. The first-order chi connectivity index (χ1) is 7.18. The summed E-state index contributed by atoms with van der Waals surface area (Å²) in [4.78, 5) is 16.9. The molecule has 0 saturated carbocycles. The number of hydrogen-bond donors (Lipinski definition) is 0. The molecule has 5 heteroatoms. The Labute approximate surface area is 94.9 Å². The smallest absolute Gasteiger partial charge is 0.271 e. The summed E-state index contributed by atoms with van der Waals surface area (Å²) in [6, 6.07) is 4.16. The third-order valence-electron chi connectivity index (χ3n) is 2.15. The zero-order valence-electron chi connectivity index (χ0n) is 7.87. The van der Waals surface area contributed by atoms with E-state index in [1.807, 2.05) is 0 Å². The molecule has 1 amide bonds. The molecule has 1 aromatic rings. The summed E-state index contributed by atoms with van der Waals surface area (Å²) in [6.07, 6.45) is 0.841. The average Bonchev–Trinajstić information content (AvgIpc) is 2.74. The molecule has 0 bridgehead atoms. The first-order valence-corrected chi connectivity index (χ1v) is 5.37. The molecule has 3 nitrogen and oxygen atoms in total. The maximum absolute atomic E-state index is 12.9. The predicted molar refractivity (Wildman–Crippen MR) is 55.7 cm³/mol. The third-order valence-corrected chi connectivity index (χ3v) is 2.75. The van der Waals surface area contributed by atoms with Crippen molar-refractivity contribution in [3.8, 4) is 0 Å². The fourth-order valence-corrected chi connectivity index (χ4v) is 1.76. The van der Waals surface area contributed by atoms with Gasteiger partial charge in [-0.1, -0.05) is 0 Å². The van der Waals surface area contributed by atoms with E-state index in [1.54, 1.807) is 0 Å². The van der Waals surface area contributed by atoms with Crippen LogP contribution in [0.4, 0.5) is 4.39 Å². The van der Waals surface area contributed by atoms with Crippen LogP contribution in [-0.4, -0.2) is 24.1 Å². The average molecular weight is 274 g/mol. The van der Waals surface area contributed by atoms with Gasteiger partial charge in [-0.3, -0.25) is 9.63 Å². The highest BCUT2D eigenvalue weighted by Crippen LogP contribution is 2.19. The highest BCUT2D eigenvalue weighted by molar-refractivity contribution is 9.10. The minimum absolute atomic E-state index is 0.229. The molecule has 0 atom stereocenters. The normalized spacial score (nSPS) is 15.7. The van der Waals surface area contributed by atoms with Crippen LogP contribution in [0.2, 0.25) is 0 Å². The van der Waals surface area contributed by atoms with Crippen molar-refractivity contribution in [2.24, 2.45) is 0 Å². The zero-order chi connectivity index (χ0) is 10.8. The Balaban J connectivity index is 2.21. The van der Waals surface area contributed by atoms with Gasteiger partial charge in [-0.15, -0.1) is 0 Å². The second kappa shape index (κ2) is 4.28. The van der Waals surface area contributed by atoms with Crippen LogP contribution in [0.25, 0.3) is 0 Å². The fraction of sp³-hybridized carbons (Fsp3) is 0.300. The van der Waals surface area contributed by atoms with Crippen molar-refractivity contribution in [1.82, 2.24) is 5.06 Å². The Bertz CT molecular complexity index is 391. The van der Waals surface area contributed by atoms with Crippen molar-refractivity contribution in [2.45, 2.75) is 6.42 Å². The molecule has 1 aromatic carbocycles. The molecular weight excluding hydrogens is 265 g/mol. The number of carbonyl (C=O) groups excluding carboxylic acids is 1. The number of amides is 1. The van der Waals surface area contributed by atoms with Crippen LogP contribution in [-0.2, 0) is 4.84 Å². The van der Waals surface area contributed by atoms with E-state index in [0.29, 0.717) is 18.7 Å². The van der Waals surface area contributed by atoms with Crippen molar-refractivity contribution in [2.75, 3.05) is 13.2 Å². The van der Waals surface area contributed by atoms with E-state index in [9.17, 15) is 9.18 Å². The summed E-state index contributed by atoms with van der Waals surface area (Å²) < 4.78 is 13.2. The van der Waals surface area contributed by atoms with Crippen LogP contribution in [0.15, 0.2) is 22.7 Å². The lowest BCUT2D eigenvalue weighted by molar-refractivity contribution is -0.0768. The maximum Gasteiger partial charge on any atom is 0.277 e. The number of hydroxylamine groups is 2. The van der Waals surface area contributed by atoms with Gasteiger partial charge in [-0.25, -0.2) is 9.45 Å². The van der Waals surface area contributed by atoms with E-state index < -0.39 is 0 Å². The lowest BCUT2D eigenvalue weighted by atomic mass is 10.2. The molecule has 0 spiro atoms. The number of halogens is 2. The molecule has 1 saturated heterocycles. The molecule has 1 fully saturated rings. The van der Waals surface area contributed by atoms with Gasteiger partial charge in [-0.2, -0.15) is 0 Å². The third kappa shape index (κ3) is 2.18. The Kier molecular flexibility index (Phi) is 3.02. The summed E-state index contributed by atoms with van der Waals surface area (Å²) in [5, 5.41) is 1.31. The molecular formula is C10H9BrFNO2. The number of carbonyl (C=O) groups is 1. The van der Waals surface area contributed by atoms with Crippen LogP contribution in [0.5, 0.6) is 0 Å². The quantitative estimate of drug-likeness (QED) is 0.786. The van der Waals surface area contributed by atoms with Crippen molar-refractivity contribution < 1.29 is 14.0 Å². The zero-order valence-corrected chi connectivity index (χ0v) is 9.46. The molecule has 0 unspecified atom stereocenters. The van der Waals surface area contributed by atoms with E-state index >= 15 is 0 Å². The van der Waals surface area contributed by atoms with Gasteiger partial charge in [0.2, 0.25) is 0 Å². The van der Waals surface area contributed by atoms with Gasteiger partial charge in [0.1, 0.15) is 5.82 Å². The Morgan fingerprint density at radius 2 is 2.33 bits per heavy atom.